The van der Waals surface area contributed by atoms with Crippen molar-refractivity contribution >= 4 is 29.3 Å². The molecule has 1 aromatic carbocycles. The van der Waals surface area contributed by atoms with E-state index in [1.165, 1.54) is 11.8 Å². The summed E-state index contributed by atoms with van der Waals surface area (Å²) in [6.45, 7) is 1.75. The minimum Gasteiger partial charge on any atom is -0.484 e. The van der Waals surface area contributed by atoms with Gasteiger partial charge in [0.15, 0.2) is 6.61 Å². The van der Waals surface area contributed by atoms with Crippen LogP contribution in [-0.4, -0.2) is 53.0 Å². The van der Waals surface area contributed by atoms with Gasteiger partial charge in [0.1, 0.15) is 11.4 Å². The molecule has 2 amide bonds. The molecular formula is C22H25N3O4S. The second-order valence-electron chi connectivity index (χ2n) is 7.77. The van der Waals surface area contributed by atoms with Gasteiger partial charge in [-0.25, -0.2) is 0 Å². The number of rotatable bonds is 6. The maximum Gasteiger partial charge on any atom is 0.274 e. The Hall–Kier alpha value is -2.74. The summed E-state index contributed by atoms with van der Waals surface area (Å²) in [7, 11) is 0. The van der Waals surface area contributed by atoms with Gasteiger partial charge in [0.05, 0.1) is 5.75 Å². The molecule has 2 aliphatic heterocycles. The summed E-state index contributed by atoms with van der Waals surface area (Å²) in [5, 5.41) is 2.71. The largest absolute Gasteiger partial charge is 0.484 e. The van der Waals surface area contributed by atoms with Crippen LogP contribution in [0.5, 0.6) is 5.75 Å². The molecule has 1 saturated heterocycles. The molecule has 2 bridgehead atoms. The quantitative estimate of drug-likeness (QED) is 0.764. The van der Waals surface area contributed by atoms with Gasteiger partial charge >= 0.3 is 0 Å². The summed E-state index contributed by atoms with van der Waals surface area (Å²) < 4.78 is 7.39. The fourth-order valence-corrected chi connectivity index (χ4v) is 4.65. The second-order valence-corrected chi connectivity index (χ2v) is 8.63. The minimum atomic E-state index is -0.175. The van der Waals surface area contributed by atoms with E-state index >= 15 is 0 Å². The number of carbonyl (C=O) groups excluding carboxylic acids is 2. The van der Waals surface area contributed by atoms with Gasteiger partial charge in [-0.15, -0.1) is 0 Å². The van der Waals surface area contributed by atoms with Crippen molar-refractivity contribution in [3.8, 4) is 5.75 Å². The van der Waals surface area contributed by atoms with Crippen molar-refractivity contribution in [2.45, 2.75) is 18.9 Å². The van der Waals surface area contributed by atoms with Crippen LogP contribution in [0.4, 0.5) is 5.69 Å². The lowest BCUT2D eigenvalue weighted by Crippen LogP contribution is -2.50. The smallest absolute Gasteiger partial charge is 0.274 e. The first-order valence-electron chi connectivity index (χ1n) is 10.0. The van der Waals surface area contributed by atoms with Crippen LogP contribution in [0, 0.1) is 5.92 Å². The van der Waals surface area contributed by atoms with E-state index in [9.17, 15) is 14.4 Å². The number of pyridine rings is 1. The van der Waals surface area contributed by atoms with Crippen molar-refractivity contribution in [3.63, 3.8) is 0 Å². The molecule has 0 radical (unpaired) electrons. The number of benzene rings is 1. The van der Waals surface area contributed by atoms with E-state index in [1.54, 1.807) is 10.6 Å². The highest BCUT2D eigenvalue weighted by Crippen LogP contribution is 2.35. The third kappa shape index (κ3) is 4.38. The predicted octanol–water partition coefficient (Wildman–Crippen LogP) is 2.17. The highest BCUT2D eigenvalue weighted by Gasteiger charge is 2.36. The van der Waals surface area contributed by atoms with Gasteiger partial charge in [-0.2, -0.15) is 11.8 Å². The average molecular weight is 428 g/mol. The maximum atomic E-state index is 12.9. The number of hydrogen-bond donors (Lipinski definition) is 1. The molecule has 4 rings (SSSR count). The molecule has 8 heteroatoms. The molecule has 30 heavy (non-hydrogen) atoms. The number of nitrogens with zero attached hydrogens (tertiary/aromatic N) is 2. The zero-order chi connectivity index (χ0) is 21.1. The van der Waals surface area contributed by atoms with Gasteiger partial charge in [0, 0.05) is 31.2 Å². The van der Waals surface area contributed by atoms with Crippen LogP contribution in [0.25, 0.3) is 0 Å². The van der Waals surface area contributed by atoms with E-state index in [0.717, 1.165) is 12.1 Å². The van der Waals surface area contributed by atoms with Crippen LogP contribution in [0.2, 0.25) is 0 Å². The van der Waals surface area contributed by atoms with Crippen LogP contribution >= 0.6 is 11.8 Å². The third-order valence-electron chi connectivity index (χ3n) is 5.61. The lowest BCUT2D eigenvalue weighted by molar-refractivity contribution is -0.136. The van der Waals surface area contributed by atoms with Crippen LogP contribution in [0.15, 0.2) is 47.3 Å². The molecule has 0 saturated carbocycles. The van der Waals surface area contributed by atoms with Crippen LogP contribution in [0.1, 0.15) is 18.0 Å². The van der Waals surface area contributed by atoms with Gasteiger partial charge in [0.25, 0.3) is 11.5 Å². The molecule has 0 unspecified atom stereocenters. The number of aromatic nitrogens is 1. The van der Waals surface area contributed by atoms with Gasteiger partial charge in [-0.05, 0) is 42.9 Å². The molecule has 7 nitrogen and oxygen atoms in total. The Kier molecular flexibility index (Phi) is 6.13. The molecule has 1 N–H and O–H groups in total. The van der Waals surface area contributed by atoms with Gasteiger partial charge in [0.2, 0.25) is 5.91 Å². The highest BCUT2D eigenvalue weighted by atomic mass is 32.2. The Bertz CT molecular complexity index is 992. The topological polar surface area (TPSA) is 80.6 Å². The summed E-state index contributed by atoms with van der Waals surface area (Å²) in [6, 6.07) is 12.9. The van der Waals surface area contributed by atoms with Crippen molar-refractivity contribution in [1.82, 2.24) is 9.47 Å². The Labute approximate surface area is 179 Å². The predicted molar refractivity (Wildman–Crippen MR) is 117 cm³/mol. The van der Waals surface area contributed by atoms with Crippen molar-refractivity contribution in [3.05, 3.63) is 58.5 Å². The molecule has 0 spiro atoms. The molecule has 1 aromatic heterocycles. The van der Waals surface area contributed by atoms with E-state index in [-0.39, 0.29) is 35.8 Å². The molecule has 0 aliphatic carbocycles. The van der Waals surface area contributed by atoms with Crippen molar-refractivity contribution in [1.29, 1.82) is 0 Å². The van der Waals surface area contributed by atoms with E-state index in [4.69, 9.17) is 4.74 Å². The third-order valence-corrected chi connectivity index (χ3v) is 6.16. The Morgan fingerprint density at radius 3 is 2.70 bits per heavy atom. The summed E-state index contributed by atoms with van der Waals surface area (Å²) in [4.78, 5) is 39.3. The van der Waals surface area contributed by atoms with Crippen LogP contribution in [-0.2, 0) is 16.1 Å². The number of anilines is 1. The number of carbonyl (C=O) groups is 2. The zero-order valence-electron chi connectivity index (χ0n) is 16.9. The highest BCUT2D eigenvalue weighted by molar-refractivity contribution is 7.99. The summed E-state index contributed by atoms with van der Waals surface area (Å²) in [5.41, 5.74) is 1.09. The number of hydrogen-bond acceptors (Lipinski definition) is 5. The minimum absolute atomic E-state index is 0.0106. The molecule has 158 valence electrons. The number of thioether (sulfide) groups is 1. The first kappa shape index (κ1) is 20.5. The van der Waals surface area contributed by atoms with Crippen molar-refractivity contribution in [2.24, 2.45) is 5.92 Å². The van der Waals surface area contributed by atoms with Crippen molar-refractivity contribution in [2.75, 3.05) is 37.0 Å². The van der Waals surface area contributed by atoms with Gasteiger partial charge < -0.3 is 19.5 Å². The number of fused-ring (bicyclic) bond motifs is 4. The van der Waals surface area contributed by atoms with Gasteiger partial charge in [-0.1, -0.05) is 18.2 Å². The number of piperidine rings is 1. The van der Waals surface area contributed by atoms with Crippen LogP contribution in [0.3, 0.4) is 0 Å². The fourth-order valence-electron chi connectivity index (χ4n) is 4.32. The lowest BCUT2D eigenvalue weighted by atomic mass is 9.83. The Morgan fingerprint density at radius 2 is 1.93 bits per heavy atom. The van der Waals surface area contributed by atoms with Crippen LogP contribution < -0.4 is 15.6 Å². The van der Waals surface area contributed by atoms with E-state index in [0.29, 0.717) is 36.8 Å². The first-order chi connectivity index (χ1) is 14.5. The SMILES string of the molecule is CSCC(=O)Nc1ccc2n(c1=O)C[C@H]1C[C@@H]2CN(C(=O)COc2ccccc2)C1. The molecule has 1 fully saturated rings. The standard InChI is InChI=1S/C22H25N3O4S/c1-30-14-20(26)23-18-7-8-19-16-9-15(11-25(19)22(18)28)10-24(12-16)21(27)13-29-17-5-3-2-4-6-17/h2-8,15-16H,9-14H2,1H3,(H,23,26)/t15-,16+/m0/s1. The summed E-state index contributed by atoms with van der Waals surface area (Å²) >= 11 is 1.41. The number of likely N-dealkylation sites (tertiary alicyclic amines) is 1. The molecular weight excluding hydrogens is 402 g/mol. The second kappa shape index (κ2) is 8.95. The maximum absolute atomic E-state index is 12.9. The average Bonchev–Trinajstić information content (AvgIpc) is 2.75. The number of ether oxygens (including phenoxy) is 1. The fraction of sp³-hybridized carbons (Fsp3) is 0.409. The molecule has 2 aromatic rings. The molecule has 2 aliphatic rings. The van der Waals surface area contributed by atoms with E-state index in [1.807, 2.05) is 47.6 Å². The summed E-state index contributed by atoms with van der Waals surface area (Å²) in [6.07, 6.45) is 2.80. The number of nitrogens with one attached hydrogen (secondary N) is 1. The van der Waals surface area contributed by atoms with Crippen molar-refractivity contribution < 1.29 is 14.3 Å². The zero-order valence-corrected chi connectivity index (χ0v) is 17.7. The number of amides is 2. The molecule has 3 heterocycles. The Morgan fingerprint density at radius 1 is 1.13 bits per heavy atom. The lowest BCUT2D eigenvalue weighted by Gasteiger charge is -2.42. The number of para-hydroxylation sites is 1. The van der Waals surface area contributed by atoms with E-state index in [2.05, 4.69) is 5.32 Å². The monoisotopic (exact) mass is 427 g/mol. The Balaban J connectivity index is 1.45. The first-order valence-corrected chi connectivity index (χ1v) is 11.4. The normalized spacial score (nSPS) is 19.7. The van der Waals surface area contributed by atoms with E-state index < -0.39 is 0 Å². The summed E-state index contributed by atoms with van der Waals surface area (Å²) in [5.74, 6) is 1.11. The van der Waals surface area contributed by atoms with Gasteiger partial charge in [-0.3, -0.25) is 14.4 Å². The molecule has 2 atom stereocenters.